The van der Waals surface area contributed by atoms with Crippen molar-refractivity contribution in [2.24, 2.45) is 0 Å². The molecule has 314 valence electrons. The summed E-state index contributed by atoms with van der Waals surface area (Å²) in [6.07, 6.45) is -4.14. The van der Waals surface area contributed by atoms with Gasteiger partial charge in [0, 0.05) is 43.3 Å². The quantitative estimate of drug-likeness (QED) is 0.129. The van der Waals surface area contributed by atoms with Crippen molar-refractivity contribution in [2.75, 3.05) is 19.1 Å². The number of nitrogens with zero attached hydrogens (tertiary/aromatic N) is 4. The Morgan fingerprint density at radius 1 is 0.850 bits per heavy atom. The molecule has 4 heterocycles. The number of pyridine rings is 1. The van der Waals surface area contributed by atoms with E-state index in [1.165, 1.54) is 14.2 Å². The van der Waals surface area contributed by atoms with Gasteiger partial charge in [-0.3, -0.25) is 9.69 Å². The Hall–Kier alpha value is -5.21. The standard InChI is InChI=1S/C46H44BrF5N4O4/c1-25-38(46(50,51)52)33(21-36(40(25)48)54(22-29-11-15-31(58-4)16-12-29)23-30-13-17-32(59-5)18-14-30)42-41(49)39(47)37-44(53-42)60-27(3)43-35-20-19-34(26(2)56(43)45(37)57)55(35)24-28-9-7-6-8-10-28/h6-18,21,26-27,34-35,43H,19-20,22-24H2,1-5H3/t26-,27+,34-,35+,43-/m1/s1. The average Bonchev–Trinajstić information content (AvgIpc) is 3.51. The highest BCUT2D eigenvalue weighted by molar-refractivity contribution is 9.10. The molecule has 0 unspecified atom stereocenters. The molecular weight excluding hydrogens is 847 g/mol. The van der Waals surface area contributed by atoms with Crippen LogP contribution >= 0.6 is 15.9 Å². The summed E-state index contributed by atoms with van der Waals surface area (Å²) in [7, 11) is 3.05. The fraction of sp³-hybridized carbons (Fsp3) is 0.348. The first-order valence-electron chi connectivity index (χ1n) is 19.8. The molecule has 1 amide bonds. The molecule has 0 radical (unpaired) electrons. The largest absolute Gasteiger partial charge is 0.497 e. The van der Waals surface area contributed by atoms with E-state index in [0.717, 1.165) is 31.4 Å². The molecule has 8 nitrogen and oxygen atoms in total. The maximum absolute atomic E-state index is 17.0. The van der Waals surface area contributed by atoms with Crippen molar-refractivity contribution in [3.63, 3.8) is 0 Å². The van der Waals surface area contributed by atoms with Crippen molar-refractivity contribution in [3.05, 3.63) is 134 Å². The summed E-state index contributed by atoms with van der Waals surface area (Å²) in [4.78, 5) is 24.8. The van der Waals surface area contributed by atoms with Crippen LogP contribution in [-0.2, 0) is 25.8 Å². The van der Waals surface area contributed by atoms with Crippen LogP contribution in [0.4, 0.5) is 27.6 Å². The summed E-state index contributed by atoms with van der Waals surface area (Å²) < 4.78 is 95.8. The van der Waals surface area contributed by atoms with Gasteiger partial charge in [0.1, 0.15) is 34.7 Å². The van der Waals surface area contributed by atoms with Crippen LogP contribution < -0.4 is 19.1 Å². The van der Waals surface area contributed by atoms with E-state index in [4.69, 9.17) is 14.2 Å². The molecule has 2 bridgehead atoms. The second kappa shape index (κ2) is 16.3. The fourth-order valence-corrected chi connectivity index (χ4v) is 9.89. The lowest BCUT2D eigenvalue weighted by atomic mass is 9.93. The molecule has 0 saturated carbocycles. The lowest BCUT2D eigenvalue weighted by molar-refractivity contribution is -0.137. The highest BCUT2D eigenvalue weighted by Gasteiger charge is 2.56. The summed E-state index contributed by atoms with van der Waals surface area (Å²) in [5, 5.41) is 0. The van der Waals surface area contributed by atoms with Gasteiger partial charge in [-0.2, -0.15) is 13.2 Å². The Balaban J connectivity index is 1.24. The molecular formula is C46H44BrF5N4O4. The summed E-state index contributed by atoms with van der Waals surface area (Å²) >= 11 is 3.28. The number of amides is 1. The van der Waals surface area contributed by atoms with Crippen LogP contribution in [0.15, 0.2) is 89.4 Å². The molecule has 1 aromatic heterocycles. The van der Waals surface area contributed by atoms with E-state index in [2.05, 4.69) is 37.9 Å². The molecule has 0 aliphatic carbocycles. The zero-order valence-electron chi connectivity index (χ0n) is 33.7. The summed E-state index contributed by atoms with van der Waals surface area (Å²) in [6.45, 7) is 5.60. The zero-order chi connectivity index (χ0) is 42.6. The van der Waals surface area contributed by atoms with Crippen LogP contribution in [0.25, 0.3) is 11.3 Å². The van der Waals surface area contributed by atoms with E-state index in [0.29, 0.717) is 29.2 Å². The van der Waals surface area contributed by atoms with Crippen LogP contribution in [0.5, 0.6) is 17.4 Å². The van der Waals surface area contributed by atoms with Crippen molar-refractivity contribution >= 4 is 27.5 Å². The Kier molecular flexibility index (Phi) is 11.3. The number of carbonyl (C=O) groups excluding carboxylic acids is 1. The molecule has 5 aromatic rings. The van der Waals surface area contributed by atoms with Gasteiger partial charge in [0.2, 0.25) is 5.88 Å². The van der Waals surface area contributed by atoms with Crippen LogP contribution in [0, 0.1) is 18.6 Å². The first-order chi connectivity index (χ1) is 28.7. The fourth-order valence-electron chi connectivity index (χ4n) is 9.36. The topological polar surface area (TPSA) is 67.4 Å². The third kappa shape index (κ3) is 7.46. The number of hydrogen-bond acceptors (Lipinski definition) is 7. The van der Waals surface area contributed by atoms with Crippen molar-refractivity contribution < 1.29 is 41.0 Å². The third-order valence-electron chi connectivity index (χ3n) is 12.2. The van der Waals surface area contributed by atoms with E-state index in [1.807, 2.05) is 32.0 Å². The Labute approximate surface area is 354 Å². The number of methoxy groups -OCH3 is 2. The van der Waals surface area contributed by atoms with Crippen molar-refractivity contribution in [1.29, 1.82) is 0 Å². The summed E-state index contributed by atoms with van der Waals surface area (Å²) in [5.41, 5.74) is -1.41. The molecule has 14 heteroatoms. The van der Waals surface area contributed by atoms with Crippen LogP contribution in [-0.4, -0.2) is 65.2 Å². The first-order valence-corrected chi connectivity index (χ1v) is 20.6. The number of aromatic nitrogens is 1. The van der Waals surface area contributed by atoms with Gasteiger partial charge in [0.25, 0.3) is 5.91 Å². The number of halogens is 6. The normalized spacial score (nSPS) is 21.2. The van der Waals surface area contributed by atoms with E-state index >= 15 is 22.0 Å². The lowest BCUT2D eigenvalue weighted by Gasteiger charge is -2.51. The molecule has 60 heavy (non-hydrogen) atoms. The van der Waals surface area contributed by atoms with E-state index < -0.39 is 58.2 Å². The Morgan fingerprint density at radius 3 is 2.00 bits per heavy atom. The van der Waals surface area contributed by atoms with Gasteiger partial charge in [-0.05, 0) is 102 Å². The molecule has 3 aliphatic heterocycles. The monoisotopic (exact) mass is 890 g/mol. The van der Waals surface area contributed by atoms with Crippen LogP contribution in [0.2, 0.25) is 0 Å². The maximum Gasteiger partial charge on any atom is 0.417 e. The summed E-state index contributed by atoms with van der Waals surface area (Å²) in [5.74, 6) is -1.96. The van der Waals surface area contributed by atoms with E-state index in [-0.39, 0.29) is 52.8 Å². The van der Waals surface area contributed by atoms with Gasteiger partial charge in [-0.1, -0.05) is 54.6 Å². The minimum absolute atomic E-state index is 0.0220. The first kappa shape index (κ1) is 41.5. The van der Waals surface area contributed by atoms with Crippen LogP contribution in [0.3, 0.4) is 0 Å². The predicted molar refractivity (Wildman–Crippen MR) is 221 cm³/mol. The molecule has 0 N–H and O–H groups in total. The van der Waals surface area contributed by atoms with E-state index in [9.17, 15) is 4.79 Å². The van der Waals surface area contributed by atoms with Gasteiger partial charge >= 0.3 is 6.18 Å². The number of anilines is 1. The highest BCUT2D eigenvalue weighted by Crippen LogP contribution is 2.48. The number of hydrogen-bond donors (Lipinski definition) is 0. The van der Waals surface area contributed by atoms with Crippen molar-refractivity contribution in [2.45, 2.75) is 89.7 Å². The molecule has 0 spiro atoms. The van der Waals surface area contributed by atoms with Gasteiger partial charge < -0.3 is 24.0 Å². The van der Waals surface area contributed by atoms with Gasteiger partial charge in [0.05, 0.1) is 36.0 Å². The predicted octanol–water partition coefficient (Wildman–Crippen LogP) is 10.4. The van der Waals surface area contributed by atoms with Crippen LogP contribution in [0.1, 0.15) is 64.9 Å². The Morgan fingerprint density at radius 2 is 1.43 bits per heavy atom. The minimum atomic E-state index is -5.12. The van der Waals surface area contributed by atoms with Gasteiger partial charge in [0.15, 0.2) is 5.82 Å². The smallest absolute Gasteiger partial charge is 0.417 e. The minimum Gasteiger partial charge on any atom is -0.497 e. The number of alkyl halides is 3. The average molecular weight is 892 g/mol. The second-order valence-corrected chi connectivity index (χ2v) is 16.5. The third-order valence-corrected chi connectivity index (χ3v) is 13.0. The SMILES string of the molecule is COc1ccc(CN(Cc2ccc(OC)cc2)c2cc(-c3nc4c(c(Br)c3F)C(=O)N3[C@H]([C@H](C)O4)[C@@H]4CC[C@H]([C@H]3C)N4Cc3ccccc3)c(C(F)(F)F)c(C)c2F)cc1. The zero-order valence-corrected chi connectivity index (χ0v) is 35.3. The molecule has 3 aliphatic rings. The number of rotatable bonds is 10. The molecule has 4 aromatic carbocycles. The molecule has 5 atom stereocenters. The molecule has 8 rings (SSSR count). The Bertz CT molecular complexity index is 2350. The van der Waals surface area contributed by atoms with Gasteiger partial charge in [-0.15, -0.1) is 0 Å². The van der Waals surface area contributed by atoms with Crippen molar-refractivity contribution in [1.82, 2.24) is 14.8 Å². The van der Waals surface area contributed by atoms with Gasteiger partial charge in [-0.25, -0.2) is 13.8 Å². The number of benzene rings is 4. The number of carbonyl (C=O) groups is 1. The summed E-state index contributed by atoms with van der Waals surface area (Å²) in [6, 6.07) is 24.2. The van der Waals surface area contributed by atoms with Crippen molar-refractivity contribution in [3.8, 4) is 28.6 Å². The molecule has 2 saturated heterocycles. The number of fused-ring (bicyclic) bond motifs is 5. The lowest BCUT2D eigenvalue weighted by Crippen LogP contribution is -2.67. The highest BCUT2D eigenvalue weighted by atomic mass is 79.9. The number of piperazine rings is 1. The van der Waals surface area contributed by atoms with E-state index in [1.54, 1.807) is 58.3 Å². The number of ether oxygens (including phenoxy) is 3. The maximum atomic E-state index is 17.0. The second-order valence-electron chi connectivity index (χ2n) is 15.7. The molecule has 2 fully saturated rings.